The Kier molecular flexibility index (Phi) is 1.81. The minimum absolute atomic E-state index is 0.715. The summed E-state index contributed by atoms with van der Waals surface area (Å²) in [5.74, 6) is 0. The van der Waals surface area contributed by atoms with Crippen LogP contribution in [0.1, 0.15) is 6.29 Å². The number of rotatable bonds is 3. The Hall–Kier alpha value is -2.79. The first kappa shape index (κ1) is 8.51. The molecule has 12 nitrogen and oxygen atoms in total. The highest BCUT2D eigenvalue weighted by molar-refractivity contribution is 4.58. The quantitative estimate of drug-likeness (QED) is 0.459. The summed E-state index contributed by atoms with van der Waals surface area (Å²) < 4.78 is 0. The summed E-state index contributed by atoms with van der Waals surface area (Å²) in [7, 11) is 0. The molecule has 16 heavy (non-hydrogen) atoms. The van der Waals surface area contributed by atoms with E-state index in [1.165, 1.54) is 33.4 Å². The van der Waals surface area contributed by atoms with Gasteiger partial charge >= 0.3 is 0 Å². The normalized spacial score (nSPS) is 11.1. The van der Waals surface area contributed by atoms with Crippen LogP contribution >= 0.6 is 0 Å². The number of tetrazole rings is 3. The van der Waals surface area contributed by atoms with Gasteiger partial charge < -0.3 is 0 Å². The number of hydrogen-bond acceptors (Lipinski definition) is 9. The van der Waals surface area contributed by atoms with Crippen molar-refractivity contribution in [3.63, 3.8) is 0 Å². The van der Waals surface area contributed by atoms with Crippen molar-refractivity contribution >= 4 is 0 Å². The summed E-state index contributed by atoms with van der Waals surface area (Å²) in [6.45, 7) is 0. The molecule has 0 amide bonds. The maximum atomic E-state index is 3.87. The predicted molar refractivity (Wildman–Crippen MR) is 43.3 cm³/mol. The molecule has 0 aliphatic heterocycles. The highest BCUT2D eigenvalue weighted by Crippen LogP contribution is 2.01. The van der Waals surface area contributed by atoms with E-state index in [0.717, 1.165) is 0 Å². The van der Waals surface area contributed by atoms with Crippen molar-refractivity contribution in [3.8, 4) is 0 Å². The lowest BCUT2D eigenvalue weighted by molar-refractivity contribution is 0.200. The fraction of sp³-hybridized carbons (Fsp3) is 0.250. The maximum absolute atomic E-state index is 3.87. The van der Waals surface area contributed by atoms with Crippen molar-refractivity contribution in [1.82, 2.24) is 60.6 Å². The lowest BCUT2D eigenvalue weighted by atomic mass is 10.9. The minimum Gasteiger partial charge on any atom is -0.136 e. The smallest absolute Gasteiger partial charge is 0.136 e. The largest absolute Gasteiger partial charge is 0.295 e. The Morgan fingerprint density at radius 1 is 0.625 bits per heavy atom. The molecule has 0 fully saturated rings. The third-order valence-corrected chi connectivity index (χ3v) is 1.71. The van der Waals surface area contributed by atoms with Crippen molar-refractivity contribution in [2.45, 2.75) is 6.29 Å². The van der Waals surface area contributed by atoms with Gasteiger partial charge in [0.25, 0.3) is 6.29 Å². The minimum atomic E-state index is -0.715. The van der Waals surface area contributed by atoms with Gasteiger partial charge in [0.1, 0.15) is 0 Å². The van der Waals surface area contributed by atoms with Crippen molar-refractivity contribution in [2.24, 2.45) is 0 Å². The fourth-order valence-electron chi connectivity index (χ4n) is 1.12. The maximum Gasteiger partial charge on any atom is 0.295 e. The third-order valence-electron chi connectivity index (χ3n) is 1.71. The van der Waals surface area contributed by atoms with Crippen LogP contribution in [0, 0.1) is 0 Å². The van der Waals surface area contributed by atoms with Crippen LogP contribution in [0.25, 0.3) is 0 Å². The number of nitrogens with zero attached hydrogens (tertiary/aromatic N) is 12. The van der Waals surface area contributed by atoms with E-state index in [2.05, 4.69) is 46.2 Å². The molecule has 0 bridgehead atoms. The zero-order chi connectivity index (χ0) is 10.8. The van der Waals surface area contributed by atoms with Crippen molar-refractivity contribution < 1.29 is 0 Å². The van der Waals surface area contributed by atoms with Gasteiger partial charge in [-0.3, -0.25) is 0 Å². The molecule has 0 radical (unpaired) electrons. The van der Waals surface area contributed by atoms with Crippen LogP contribution in [0.4, 0.5) is 0 Å². The third kappa shape index (κ3) is 1.28. The number of hydrogen-bond donors (Lipinski definition) is 0. The molecule has 3 heterocycles. The van der Waals surface area contributed by atoms with E-state index in [4.69, 9.17) is 0 Å². The Morgan fingerprint density at radius 3 is 1.25 bits per heavy atom. The molecule has 0 unspecified atom stereocenters. The Morgan fingerprint density at radius 2 is 1.00 bits per heavy atom. The molecule has 80 valence electrons. The zero-order valence-corrected chi connectivity index (χ0v) is 7.68. The van der Waals surface area contributed by atoms with Gasteiger partial charge in [-0.1, -0.05) is 0 Å². The van der Waals surface area contributed by atoms with E-state index >= 15 is 0 Å². The molecule has 0 saturated heterocycles. The van der Waals surface area contributed by atoms with Crippen molar-refractivity contribution in [1.29, 1.82) is 0 Å². The SMILES string of the molecule is c1nnn(C(n2ncnn2)n2ncnn2)n1. The summed E-state index contributed by atoms with van der Waals surface area (Å²) in [4.78, 5) is 3.68. The summed E-state index contributed by atoms with van der Waals surface area (Å²) in [6.07, 6.45) is 3.12. The van der Waals surface area contributed by atoms with Crippen LogP contribution in [0.15, 0.2) is 19.0 Å². The first-order valence-corrected chi connectivity index (χ1v) is 4.12. The van der Waals surface area contributed by atoms with Gasteiger partial charge in [0.15, 0.2) is 19.0 Å². The van der Waals surface area contributed by atoms with Crippen LogP contribution in [-0.2, 0) is 0 Å². The van der Waals surface area contributed by atoms with E-state index in [-0.39, 0.29) is 0 Å². The van der Waals surface area contributed by atoms with Gasteiger partial charge in [-0.05, 0) is 15.6 Å². The summed E-state index contributed by atoms with van der Waals surface area (Å²) in [5.41, 5.74) is 0. The lowest BCUT2D eigenvalue weighted by Crippen LogP contribution is -2.31. The topological polar surface area (TPSA) is 131 Å². The van der Waals surface area contributed by atoms with Crippen LogP contribution in [0.3, 0.4) is 0 Å². The van der Waals surface area contributed by atoms with Crippen LogP contribution in [0.5, 0.6) is 0 Å². The van der Waals surface area contributed by atoms with Crippen LogP contribution < -0.4 is 0 Å². The molecular formula is C4H4N12. The zero-order valence-electron chi connectivity index (χ0n) is 7.68. The van der Waals surface area contributed by atoms with Crippen LogP contribution in [0.2, 0.25) is 0 Å². The summed E-state index contributed by atoms with van der Waals surface area (Å²) in [5, 5.41) is 33.5. The highest BCUT2D eigenvalue weighted by atomic mass is 15.8. The number of aromatic nitrogens is 12. The molecule has 12 heteroatoms. The second-order valence-corrected chi connectivity index (χ2v) is 2.62. The van der Waals surface area contributed by atoms with Gasteiger partial charge in [0.2, 0.25) is 0 Å². The Labute approximate surface area is 86.9 Å². The Bertz CT molecular complexity index is 438. The monoisotopic (exact) mass is 220 g/mol. The molecule has 0 spiro atoms. The fourth-order valence-corrected chi connectivity index (χ4v) is 1.12. The molecule has 3 aromatic heterocycles. The molecular weight excluding hydrogens is 216 g/mol. The summed E-state index contributed by atoms with van der Waals surface area (Å²) in [6, 6.07) is 0. The second-order valence-electron chi connectivity index (χ2n) is 2.62. The second kappa shape index (κ2) is 3.41. The van der Waals surface area contributed by atoms with E-state index in [1.54, 1.807) is 0 Å². The first-order valence-electron chi connectivity index (χ1n) is 4.12. The van der Waals surface area contributed by atoms with E-state index in [1.807, 2.05) is 0 Å². The molecule has 3 aromatic rings. The van der Waals surface area contributed by atoms with Gasteiger partial charge in [-0.2, -0.15) is 0 Å². The van der Waals surface area contributed by atoms with E-state index < -0.39 is 6.29 Å². The van der Waals surface area contributed by atoms with Gasteiger partial charge in [0.05, 0.1) is 0 Å². The highest BCUT2D eigenvalue weighted by Gasteiger charge is 2.21. The van der Waals surface area contributed by atoms with Crippen molar-refractivity contribution in [2.75, 3.05) is 0 Å². The molecule has 0 atom stereocenters. The van der Waals surface area contributed by atoms with Gasteiger partial charge in [0, 0.05) is 0 Å². The van der Waals surface area contributed by atoms with Gasteiger partial charge in [-0.25, -0.2) is 0 Å². The summed E-state index contributed by atoms with van der Waals surface area (Å²) >= 11 is 0. The van der Waals surface area contributed by atoms with Crippen molar-refractivity contribution in [3.05, 3.63) is 19.0 Å². The Balaban J connectivity index is 2.09. The molecule has 0 aliphatic carbocycles. The first-order chi connectivity index (χ1) is 7.95. The molecule has 0 N–H and O–H groups in total. The average Bonchev–Trinajstić information content (AvgIpc) is 3.02. The van der Waals surface area contributed by atoms with E-state index in [9.17, 15) is 0 Å². The molecule has 0 aliphatic rings. The molecule has 3 rings (SSSR count). The average molecular weight is 220 g/mol. The van der Waals surface area contributed by atoms with Crippen LogP contribution in [-0.4, -0.2) is 60.6 Å². The molecule has 0 aromatic carbocycles. The predicted octanol–water partition coefficient (Wildman–Crippen LogP) is -2.80. The van der Waals surface area contributed by atoms with Gasteiger partial charge in [-0.15, -0.1) is 45.0 Å². The lowest BCUT2D eigenvalue weighted by Gasteiger charge is -2.11. The standard InChI is InChI=1S/C4H4N12/c1-5-11-14(8-1)4(15-9-2-6-12-15)16-10-3-7-13-16/h1-4H. The molecule has 0 saturated carbocycles. The van der Waals surface area contributed by atoms with E-state index in [0.29, 0.717) is 0 Å².